The molecule has 0 unspecified atom stereocenters. The van der Waals surface area contributed by atoms with Crippen LogP contribution in [0.4, 0.5) is 5.69 Å². The van der Waals surface area contributed by atoms with E-state index in [4.69, 9.17) is 0 Å². The van der Waals surface area contributed by atoms with Crippen LogP contribution in [0.2, 0.25) is 0 Å². The quantitative estimate of drug-likeness (QED) is 0.232. The van der Waals surface area contributed by atoms with Gasteiger partial charge in [0, 0.05) is 10.0 Å². The van der Waals surface area contributed by atoms with E-state index in [1.54, 1.807) is 18.2 Å². The number of aliphatic imine (C=N–C) groups is 1. The fraction of sp³-hybridized carbons (Fsp3) is 0.0455. The summed E-state index contributed by atoms with van der Waals surface area (Å²) in [7, 11) is 0. The van der Waals surface area contributed by atoms with Gasteiger partial charge in [0.25, 0.3) is 0 Å². The molecule has 3 N–H and O–H groups in total. The van der Waals surface area contributed by atoms with E-state index in [1.165, 1.54) is 6.21 Å². The van der Waals surface area contributed by atoms with Gasteiger partial charge < -0.3 is 10.1 Å². The Morgan fingerprint density at radius 2 is 1.90 bits per heavy atom. The number of hydrogen-bond acceptors (Lipinski definition) is 4. The van der Waals surface area contributed by atoms with E-state index >= 15 is 0 Å². The monoisotopic (exact) mass is 447 g/mol. The van der Waals surface area contributed by atoms with Crippen molar-refractivity contribution in [2.24, 2.45) is 10.1 Å². The number of benzene rings is 3. The summed E-state index contributed by atoms with van der Waals surface area (Å²) in [4.78, 5) is 12.5. The highest BCUT2D eigenvalue weighted by Gasteiger charge is 2.10. The highest BCUT2D eigenvalue weighted by atomic mass is 79.9. The van der Waals surface area contributed by atoms with Crippen LogP contribution >= 0.6 is 15.9 Å². The molecule has 1 heterocycles. The van der Waals surface area contributed by atoms with Crippen molar-refractivity contribution < 1.29 is 5.11 Å². The van der Waals surface area contributed by atoms with Gasteiger partial charge in [-0.25, -0.2) is 9.98 Å². The van der Waals surface area contributed by atoms with E-state index in [-0.39, 0.29) is 5.75 Å². The van der Waals surface area contributed by atoms with Crippen LogP contribution in [-0.4, -0.2) is 27.1 Å². The third-order valence-corrected chi connectivity index (χ3v) is 4.75. The Hall–Kier alpha value is -3.45. The van der Waals surface area contributed by atoms with Gasteiger partial charge in [-0.3, -0.25) is 5.43 Å². The maximum atomic E-state index is 9.99. The van der Waals surface area contributed by atoms with Crippen molar-refractivity contribution in [2.75, 3.05) is 0 Å². The number of amidine groups is 1. The van der Waals surface area contributed by atoms with Gasteiger partial charge >= 0.3 is 0 Å². The predicted octanol–water partition coefficient (Wildman–Crippen LogP) is 5.04. The number of nitrogens with zero attached hydrogens (tertiary/aromatic N) is 3. The van der Waals surface area contributed by atoms with Gasteiger partial charge in [-0.15, -0.1) is 0 Å². The molecular weight excluding hydrogens is 430 g/mol. The van der Waals surface area contributed by atoms with Crippen LogP contribution in [-0.2, 0) is 0 Å². The van der Waals surface area contributed by atoms with Crippen molar-refractivity contribution in [3.63, 3.8) is 0 Å². The van der Waals surface area contributed by atoms with E-state index in [9.17, 15) is 5.11 Å². The second kappa shape index (κ2) is 8.28. The molecule has 0 fully saturated rings. The molecule has 0 aliphatic carbocycles. The highest BCUT2D eigenvalue weighted by Crippen LogP contribution is 2.20. The molecule has 4 rings (SSSR count). The molecule has 4 aromatic rings. The molecule has 0 amide bonds. The number of aromatic nitrogens is 2. The summed E-state index contributed by atoms with van der Waals surface area (Å²) in [5.41, 5.74) is 7.22. The van der Waals surface area contributed by atoms with E-state index < -0.39 is 0 Å². The number of aryl methyl sites for hydroxylation is 1. The number of H-pyrrole nitrogens is 1. The Balaban J connectivity index is 1.68. The van der Waals surface area contributed by atoms with Crippen LogP contribution in [0.5, 0.6) is 5.75 Å². The lowest BCUT2D eigenvalue weighted by atomic mass is 10.2. The largest absolute Gasteiger partial charge is 0.507 e. The van der Waals surface area contributed by atoms with E-state index in [2.05, 4.69) is 41.4 Å². The first kappa shape index (κ1) is 18.9. The molecular formula is C22H18BrN5O. The summed E-state index contributed by atoms with van der Waals surface area (Å²) in [6, 6.07) is 20.8. The second-order valence-corrected chi connectivity index (χ2v) is 7.39. The topological polar surface area (TPSA) is 85.7 Å². The second-order valence-electron chi connectivity index (χ2n) is 6.47. The van der Waals surface area contributed by atoms with Crippen molar-refractivity contribution in [1.29, 1.82) is 0 Å². The Bertz CT molecular complexity index is 1180. The lowest BCUT2D eigenvalue weighted by Gasteiger charge is -2.04. The molecule has 0 aliphatic rings. The molecule has 1 aromatic heterocycles. The number of phenols is 1. The number of halogens is 1. The number of hydrogen-bond donors (Lipinski definition) is 3. The van der Waals surface area contributed by atoms with Gasteiger partial charge in [-0.1, -0.05) is 45.8 Å². The Kier molecular flexibility index (Phi) is 5.39. The summed E-state index contributed by atoms with van der Waals surface area (Å²) < 4.78 is 0.850. The predicted molar refractivity (Wildman–Crippen MR) is 120 cm³/mol. The molecule has 144 valence electrons. The minimum atomic E-state index is 0.138. The van der Waals surface area contributed by atoms with Crippen LogP contribution in [0.1, 0.15) is 17.0 Å². The van der Waals surface area contributed by atoms with Crippen LogP contribution in [0.15, 0.2) is 81.3 Å². The van der Waals surface area contributed by atoms with E-state index in [1.807, 2.05) is 55.5 Å². The first-order valence-corrected chi connectivity index (χ1v) is 9.76. The molecule has 0 aliphatic heterocycles. The normalized spacial score (nSPS) is 12.0. The number of imidazole rings is 1. The third-order valence-electron chi connectivity index (χ3n) is 4.25. The maximum Gasteiger partial charge on any atom is 0.190 e. The lowest BCUT2D eigenvalue weighted by Crippen LogP contribution is -2.20. The zero-order valence-electron chi connectivity index (χ0n) is 15.6. The number of aromatic hydroxyl groups is 1. The number of rotatable bonds is 4. The average Bonchev–Trinajstić information content (AvgIpc) is 3.15. The average molecular weight is 448 g/mol. The molecule has 3 aromatic carbocycles. The first-order chi connectivity index (χ1) is 14.1. The number of fused-ring (bicyclic) bond motifs is 1. The molecule has 29 heavy (non-hydrogen) atoms. The molecule has 7 heteroatoms. The molecule has 0 radical (unpaired) electrons. The number of aromatic amines is 1. The first-order valence-electron chi connectivity index (χ1n) is 8.96. The standard InChI is InChI=1S/C22H18BrN5O/c1-14-6-9-17(10-7-14)25-22(21-26-18-4-2-3-5-19(18)27-21)28-24-13-15-12-16(23)8-11-20(15)29/h2-13,29H,1H3,(H,25,28)(H,26,27). The van der Waals surface area contributed by atoms with Crippen LogP contribution < -0.4 is 5.43 Å². The van der Waals surface area contributed by atoms with Crippen LogP contribution in [0.25, 0.3) is 11.0 Å². The molecule has 6 nitrogen and oxygen atoms in total. The van der Waals surface area contributed by atoms with Gasteiger partial charge in [-0.2, -0.15) is 5.10 Å². The summed E-state index contributed by atoms with van der Waals surface area (Å²) in [5, 5.41) is 14.2. The summed E-state index contributed by atoms with van der Waals surface area (Å²) in [6.07, 6.45) is 1.54. The van der Waals surface area contributed by atoms with Crippen LogP contribution in [0, 0.1) is 6.92 Å². The Morgan fingerprint density at radius 3 is 2.69 bits per heavy atom. The third kappa shape index (κ3) is 4.52. The van der Waals surface area contributed by atoms with Gasteiger partial charge in [0.15, 0.2) is 11.7 Å². The Morgan fingerprint density at radius 1 is 1.10 bits per heavy atom. The highest BCUT2D eigenvalue weighted by molar-refractivity contribution is 9.10. The van der Waals surface area contributed by atoms with E-state index in [0.717, 1.165) is 26.8 Å². The van der Waals surface area contributed by atoms with Crippen molar-refractivity contribution in [1.82, 2.24) is 15.4 Å². The van der Waals surface area contributed by atoms with Gasteiger partial charge in [0.1, 0.15) is 5.75 Å². The van der Waals surface area contributed by atoms with E-state index in [0.29, 0.717) is 17.2 Å². The number of phenolic OH excluding ortho intramolecular Hbond substituents is 1. The maximum absolute atomic E-state index is 9.99. The fourth-order valence-electron chi connectivity index (χ4n) is 2.74. The smallest absolute Gasteiger partial charge is 0.190 e. The van der Waals surface area contributed by atoms with Crippen molar-refractivity contribution in [2.45, 2.75) is 6.92 Å². The van der Waals surface area contributed by atoms with Crippen LogP contribution in [0.3, 0.4) is 0 Å². The van der Waals surface area contributed by atoms with Crippen molar-refractivity contribution in [3.05, 3.63) is 88.2 Å². The van der Waals surface area contributed by atoms with Gasteiger partial charge in [-0.05, 0) is 49.4 Å². The zero-order chi connectivity index (χ0) is 20.2. The minimum absolute atomic E-state index is 0.138. The zero-order valence-corrected chi connectivity index (χ0v) is 17.2. The Labute approximate surface area is 176 Å². The number of hydrazone groups is 1. The number of nitrogens with one attached hydrogen (secondary N) is 2. The molecule has 0 spiro atoms. The number of para-hydroxylation sites is 2. The summed E-state index contributed by atoms with van der Waals surface area (Å²) in [5.74, 6) is 1.18. The van der Waals surface area contributed by atoms with Crippen molar-refractivity contribution in [3.8, 4) is 5.75 Å². The lowest BCUT2D eigenvalue weighted by molar-refractivity contribution is 0.474. The summed E-state index contributed by atoms with van der Waals surface area (Å²) in [6.45, 7) is 2.03. The summed E-state index contributed by atoms with van der Waals surface area (Å²) >= 11 is 3.39. The molecule has 0 saturated heterocycles. The molecule has 0 bridgehead atoms. The SMILES string of the molecule is Cc1ccc(N=C(NN=Cc2cc(Br)ccc2O)c2nc3ccccc3[nH]2)cc1. The molecule has 0 atom stereocenters. The van der Waals surface area contributed by atoms with Gasteiger partial charge in [0.05, 0.1) is 22.9 Å². The fourth-order valence-corrected chi connectivity index (χ4v) is 3.11. The minimum Gasteiger partial charge on any atom is -0.507 e. The van der Waals surface area contributed by atoms with Crippen molar-refractivity contribution >= 4 is 44.7 Å². The molecule has 0 saturated carbocycles. The van der Waals surface area contributed by atoms with Gasteiger partial charge in [0.2, 0.25) is 0 Å².